The van der Waals surface area contributed by atoms with Crippen LogP contribution < -0.4 is 5.32 Å². The largest absolute Gasteiger partial charge is 0.317 e. The van der Waals surface area contributed by atoms with Crippen LogP contribution in [-0.4, -0.2) is 25.3 Å². The highest BCUT2D eigenvalue weighted by Gasteiger charge is 2.37. The first-order chi connectivity index (χ1) is 15.7. The summed E-state index contributed by atoms with van der Waals surface area (Å²) in [6, 6.07) is 18.8. The van der Waals surface area contributed by atoms with Gasteiger partial charge in [-0.3, -0.25) is 4.99 Å². The number of benzene rings is 2. The average Bonchev–Trinajstić information content (AvgIpc) is 2.79. The summed E-state index contributed by atoms with van der Waals surface area (Å²) < 4.78 is 0. The minimum absolute atomic E-state index is 0.259. The summed E-state index contributed by atoms with van der Waals surface area (Å²) in [7, 11) is 0. The normalized spacial score (nSPS) is 17.8. The van der Waals surface area contributed by atoms with Crippen LogP contribution in [0.1, 0.15) is 81.0 Å². The number of nitrogens with zero attached hydrogens (tertiary/aromatic N) is 1. The fraction of sp³-hybridized carbons (Fsp3) is 0.452. The van der Waals surface area contributed by atoms with Crippen LogP contribution in [0.15, 0.2) is 77.8 Å². The van der Waals surface area contributed by atoms with E-state index in [1.165, 1.54) is 35.1 Å². The molecule has 0 bridgehead atoms. The molecule has 1 saturated heterocycles. The van der Waals surface area contributed by atoms with Crippen molar-refractivity contribution in [2.24, 2.45) is 10.4 Å². The summed E-state index contributed by atoms with van der Waals surface area (Å²) in [5, 5.41) is 3.55. The van der Waals surface area contributed by atoms with Crippen molar-refractivity contribution in [2.45, 2.75) is 71.8 Å². The van der Waals surface area contributed by atoms with E-state index < -0.39 is 0 Å². The van der Waals surface area contributed by atoms with Gasteiger partial charge in [-0.25, -0.2) is 0 Å². The van der Waals surface area contributed by atoms with Gasteiger partial charge >= 0.3 is 0 Å². The van der Waals surface area contributed by atoms with E-state index in [0.717, 1.165) is 30.7 Å². The molecule has 0 amide bonds. The molecule has 1 N–H and O–H groups in total. The monoisotopic (exact) mass is 442 g/mol. The van der Waals surface area contributed by atoms with E-state index in [1.807, 2.05) is 6.21 Å². The van der Waals surface area contributed by atoms with E-state index in [-0.39, 0.29) is 11.5 Å². The summed E-state index contributed by atoms with van der Waals surface area (Å²) in [6.07, 6.45) is 5.16. The molecule has 1 heterocycles. The zero-order valence-electron chi connectivity index (χ0n) is 21.3. The van der Waals surface area contributed by atoms with Crippen LogP contribution in [0, 0.1) is 12.3 Å². The molecular formula is C31H42N2. The molecule has 2 nitrogen and oxygen atoms in total. The van der Waals surface area contributed by atoms with E-state index in [0.29, 0.717) is 11.8 Å². The third-order valence-electron chi connectivity index (χ3n) is 7.23. The Morgan fingerprint density at radius 1 is 0.939 bits per heavy atom. The summed E-state index contributed by atoms with van der Waals surface area (Å²) >= 11 is 0. The van der Waals surface area contributed by atoms with Crippen molar-refractivity contribution in [3.63, 3.8) is 0 Å². The number of rotatable bonds is 9. The second-order valence-corrected chi connectivity index (χ2v) is 10.5. The van der Waals surface area contributed by atoms with Crippen LogP contribution in [0.2, 0.25) is 0 Å². The maximum Gasteiger partial charge on any atom is 0.0443 e. The van der Waals surface area contributed by atoms with E-state index >= 15 is 0 Å². The van der Waals surface area contributed by atoms with Crippen LogP contribution in [0.25, 0.3) is 0 Å². The van der Waals surface area contributed by atoms with E-state index in [9.17, 15) is 0 Å². The predicted molar refractivity (Wildman–Crippen MR) is 145 cm³/mol. The van der Waals surface area contributed by atoms with Gasteiger partial charge in [-0.05, 0) is 92.3 Å². The number of aryl methyl sites for hydroxylation is 1. The molecule has 176 valence electrons. The Labute approximate surface area is 201 Å². The van der Waals surface area contributed by atoms with Gasteiger partial charge in [-0.15, -0.1) is 0 Å². The van der Waals surface area contributed by atoms with Gasteiger partial charge in [0.1, 0.15) is 0 Å². The van der Waals surface area contributed by atoms with Crippen LogP contribution in [0.5, 0.6) is 0 Å². The van der Waals surface area contributed by atoms with Gasteiger partial charge in [0.05, 0.1) is 0 Å². The summed E-state index contributed by atoms with van der Waals surface area (Å²) in [5.74, 6) is 0.801. The molecule has 2 atom stereocenters. The van der Waals surface area contributed by atoms with Gasteiger partial charge in [-0.1, -0.05) is 81.1 Å². The van der Waals surface area contributed by atoms with Gasteiger partial charge in [0, 0.05) is 18.2 Å². The van der Waals surface area contributed by atoms with Crippen LogP contribution in [-0.2, 0) is 0 Å². The lowest BCUT2D eigenvalue weighted by Gasteiger charge is -2.42. The molecule has 33 heavy (non-hydrogen) atoms. The Morgan fingerprint density at radius 3 is 2.00 bits per heavy atom. The molecule has 1 unspecified atom stereocenters. The van der Waals surface area contributed by atoms with Crippen molar-refractivity contribution in [1.82, 2.24) is 5.32 Å². The fourth-order valence-electron chi connectivity index (χ4n) is 5.01. The van der Waals surface area contributed by atoms with Gasteiger partial charge in [-0.2, -0.15) is 0 Å². The lowest BCUT2D eigenvalue weighted by atomic mass is 9.65. The number of nitrogens with one attached hydrogen (secondary N) is 1. The van der Waals surface area contributed by atoms with Crippen LogP contribution in [0.4, 0.5) is 0 Å². The molecule has 0 aromatic heterocycles. The number of aliphatic imine (C=N–C) groups is 1. The maximum atomic E-state index is 4.45. The second-order valence-electron chi connectivity index (χ2n) is 10.5. The number of hydrogen-bond acceptors (Lipinski definition) is 2. The molecule has 2 aromatic rings. The lowest BCUT2D eigenvalue weighted by molar-refractivity contribution is 0.199. The topological polar surface area (TPSA) is 24.4 Å². The highest BCUT2D eigenvalue weighted by atomic mass is 14.9. The Kier molecular flexibility index (Phi) is 8.48. The highest BCUT2D eigenvalue weighted by molar-refractivity contribution is 5.83. The first kappa shape index (κ1) is 25.2. The highest BCUT2D eigenvalue weighted by Crippen LogP contribution is 2.47. The Hall–Kier alpha value is -2.45. The van der Waals surface area contributed by atoms with Crippen molar-refractivity contribution in [1.29, 1.82) is 0 Å². The minimum atomic E-state index is 0.259. The zero-order valence-corrected chi connectivity index (χ0v) is 21.3. The van der Waals surface area contributed by atoms with Crippen molar-refractivity contribution in [3.8, 4) is 0 Å². The molecule has 1 aliphatic rings. The first-order valence-electron chi connectivity index (χ1n) is 12.5. The summed E-state index contributed by atoms with van der Waals surface area (Å²) in [5.41, 5.74) is 7.78. The molecule has 0 aliphatic carbocycles. The maximum absolute atomic E-state index is 4.45. The standard InChI is InChI=1S/C31H42N2/c1-22(2)33-21-26(6)24(4)20-25(5)27-12-14-29(15-13-27)30(28-10-8-23(3)9-11-28)31(7)16-18-32-19-17-31/h8-15,21-22,25,30,32H,4,6,16-20H2,1-3,5,7H3/t25-,30?/m0/s1. The molecule has 2 heteroatoms. The quantitative estimate of drug-likeness (QED) is 0.314. The summed E-state index contributed by atoms with van der Waals surface area (Å²) in [6.45, 7) is 21.7. The van der Waals surface area contributed by atoms with Crippen LogP contribution >= 0.6 is 0 Å². The third-order valence-corrected chi connectivity index (χ3v) is 7.23. The smallest absolute Gasteiger partial charge is 0.0443 e. The minimum Gasteiger partial charge on any atom is -0.317 e. The van der Waals surface area contributed by atoms with E-state index in [2.05, 4.69) is 107 Å². The van der Waals surface area contributed by atoms with Crippen molar-refractivity contribution in [3.05, 3.63) is 95.1 Å². The van der Waals surface area contributed by atoms with Crippen molar-refractivity contribution in [2.75, 3.05) is 13.1 Å². The molecule has 3 rings (SSSR count). The lowest BCUT2D eigenvalue weighted by Crippen LogP contribution is -2.39. The molecule has 1 fully saturated rings. The van der Waals surface area contributed by atoms with E-state index in [1.54, 1.807) is 0 Å². The van der Waals surface area contributed by atoms with Gasteiger partial charge in [0.15, 0.2) is 0 Å². The molecule has 0 saturated carbocycles. The van der Waals surface area contributed by atoms with Gasteiger partial charge in [0.2, 0.25) is 0 Å². The average molecular weight is 443 g/mol. The Morgan fingerprint density at radius 2 is 1.45 bits per heavy atom. The molecule has 2 aromatic carbocycles. The van der Waals surface area contributed by atoms with Gasteiger partial charge < -0.3 is 5.32 Å². The summed E-state index contributed by atoms with van der Waals surface area (Å²) in [4.78, 5) is 4.45. The van der Waals surface area contributed by atoms with Gasteiger partial charge in [0.25, 0.3) is 0 Å². The fourth-order valence-corrected chi connectivity index (χ4v) is 5.01. The first-order valence-corrected chi connectivity index (χ1v) is 12.5. The molecule has 1 aliphatic heterocycles. The number of hydrogen-bond donors (Lipinski definition) is 1. The molecule has 0 radical (unpaired) electrons. The van der Waals surface area contributed by atoms with Crippen LogP contribution in [0.3, 0.4) is 0 Å². The Bertz CT molecular complexity index is 957. The number of piperidine rings is 1. The molecular weight excluding hydrogens is 400 g/mol. The number of allylic oxidation sites excluding steroid dienone is 2. The zero-order chi connectivity index (χ0) is 24.0. The van der Waals surface area contributed by atoms with E-state index in [4.69, 9.17) is 0 Å². The SMILES string of the molecule is C=C(C=NC(C)C)C(=C)C[C@H](C)c1ccc(C(c2ccc(C)cc2)C2(C)CCNCC2)cc1. The second kappa shape index (κ2) is 11.1. The molecule has 0 spiro atoms. The Balaban J connectivity index is 1.81. The third kappa shape index (κ3) is 6.54. The van der Waals surface area contributed by atoms with Crippen molar-refractivity contribution >= 4 is 6.21 Å². The van der Waals surface area contributed by atoms with Crippen molar-refractivity contribution < 1.29 is 0 Å². The predicted octanol–water partition coefficient (Wildman–Crippen LogP) is 7.60.